The summed E-state index contributed by atoms with van der Waals surface area (Å²) in [6.45, 7) is 1.41. The van der Waals surface area contributed by atoms with Gasteiger partial charge in [0.2, 0.25) is 0 Å². The van der Waals surface area contributed by atoms with Crippen molar-refractivity contribution < 1.29 is 4.92 Å². The highest BCUT2D eigenvalue weighted by molar-refractivity contribution is 9.10. The lowest BCUT2D eigenvalue weighted by Gasteiger charge is -2.04. The van der Waals surface area contributed by atoms with Crippen LogP contribution in [0.2, 0.25) is 0 Å². The number of hydrogen-bond donors (Lipinski definition) is 1. The van der Waals surface area contributed by atoms with Crippen LogP contribution >= 0.6 is 15.9 Å². The van der Waals surface area contributed by atoms with E-state index in [1.54, 1.807) is 6.07 Å². The molecular formula is C12H13BrN2O2. The number of benzene rings is 1. The largest absolute Gasteiger partial charge is 0.313 e. The second-order valence-electron chi connectivity index (χ2n) is 3.56. The van der Waals surface area contributed by atoms with Crippen molar-refractivity contribution in [1.29, 1.82) is 0 Å². The van der Waals surface area contributed by atoms with Crippen molar-refractivity contribution in [2.45, 2.75) is 19.4 Å². The fourth-order valence-corrected chi connectivity index (χ4v) is 1.92. The maximum Gasteiger partial charge on any atom is 0.270 e. The van der Waals surface area contributed by atoms with Crippen LogP contribution in [0.15, 0.2) is 22.7 Å². The third kappa shape index (κ3) is 4.98. The van der Waals surface area contributed by atoms with Crippen molar-refractivity contribution in [1.82, 2.24) is 5.32 Å². The van der Waals surface area contributed by atoms with Gasteiger partial charge in [-0.25, -0.2) is 0 Å². The summed E-state index contributed by atoms with van der Waals surface area (Å²) < 4.78 is 0.715. The minimum absolute atomic E-state index is 0.0970. The highest BCUT2D eigenvalue weighted by Crippen LogP contribution is 2.21. The molecule has 0 aliphatic rings. The molecule has 0 atom stereocenters. The zero-order chi connectivity index (χ0) is 12.7. The van der Waals surface area contributed by atoms with E-state index in [1.807, 2.05) is 6.07 Å². The van der Waals surface area contributed by atoms with Gasteiger partial charge in [-0.15, -0.1) is 12.3 Å². The molecule has 0 aliphatic heterocycles. The van der Waals surface area contributed by atoms with E-state index in [4.69, 9.17) is 6.42 Å². The van der Waals surface area contributed by atoms with Crippen LogP contribution in [-0.4, -0.2) is 11.5 Å². The molecule has 0 saturated carbocycles. The van der Waals surface area contributed by atoms with Crippen LogP contribution in [0.25, 0.3) is 0 Å². The Morgan fingerprint density at radius 2 is 2.24 bits per heavy atom. The van der Waals surface area contributed by atoms with Gasteiger partial charge in [-0.3, -0.25) is 10.1 Å². The van der Waals surface area contributed by atoms with Crippen molar-refractivity contribution in [2.75, 3.05) is 6.54 Å². The number of halogens is 1. The first-order valence-electron chi connectivity index (χ1n) is 5.21. The van der Waals surface area contributed by atoms with E-state index >= 15 is 0 Å². The third-order valence-corrected chi connectivity index (χ3v) is 2.61. The van der Waals surface area contributed by atoms with Gasteiger partial charge in [0.05, 0.1) is 4.92 Å². The molecule has 0 saturated heterocycles. The predicted octanol–water partition coefficient (Wildman–Crippen LogP) is 2.86. The number of terminal acetylenes is 1. The van der Waals surface area contributed by atoms with Gasteiger partial charge in [0.25, 0.3) is 5.69 Å². The topological polar surface area (TPSA) is 55.2 Å². The monoisotopic (exact) mass is 296 g/mol. The van der Waals surface area contributed by atoms with Crippen molar-refractivity contribution in [3.63, 3.8) is 0 Å². The van der Waals surface area contributed by atoms with Crippen LogP contribution in [-0.2, 0) is 6.54 Å². The Bertz CT molecular complexity index is 441. The Labute approximate surface area is 109 Å². The van der Waals surface area contributed by atoms with Crippen LogP contribution in [0.1, 0.15) is 18.4 Å². The summed E-state index contributed by atoms with van der Waals surface area (Å²) in [4.78, 5) is 10.3. The second-order valence-corrected chi connectivity index (χ2v) is 4.47. The van der Waals surface area contributed by atoms with Gasteiger partial charge in [0.15, 0.2) is 0 Å². The zero-order valence-electron chi connectivity index (χ0n) is 9.28. The lowest BCUT2D eigenvalue weighted by atomic mass is 10.2. The smallest absolute Gasteiger partial charge is 0.270 e. The molecule has 0 aromatic heterocycles. The normalized spacial score (nSPS) is 9.88. The molecule has 0 unspecified atom stereocenters. The molecule has 0 radical (unpaired) electrons. The van der Waals surface area contributed by atoms with Gasteiger partial charge in [-0.05, 0) is 24.6 Å². The zero-order valence-corrected chi connectivity index (χ0v) is 10.9. The first kappa shape index (κ1) is 13.7. The SMILES string of the molecule is C#CCCCNCc1cc(Br)cc([N+](=O)[O-])c1. The van der Waals surface area contributed by atoms with E-state index in [1.165, 1.54) is 6.07 Å². The van der Waals surface area contributed by atoms with Gasteiger partial charge in [-0.1, -0.05) is 15.9 Å². The Morgan fingerprint density at radius 1 is 1.47 bits per heavy atom. The van der Waals surface area contributed by atoms with Crippen molar-refractivity contribution >= 4 is 21.6 Å². The van der Waals surface area contributed by atoms with E-state index in [-0.39, 0.29) is 5.69 Å². The van der Waals surface area contributed by atoms with E-state index in [2.05, 4.69) is 27.2 Å². The Kier molecular flexibility index (Phi) is 5.67. The molecular weight excluding hydrogens is 284 g/mol. The summed E-state index contributed by atoms with van der Waals surface area (Å²) in [7, 11) is 0. The van der Waals surface area contributed by atoms with Gasteiger partial charge in [-0.2, -0.15) is 0 Å². The van der Waals surface area contributed by atoms with Crippen LogP contribution in [0.4, 0.5) is 5.69 Å². The first-order valence-corrected chi connectivity index (χ1v) is 6.01. The second kappa shape index (κ2) is 7.05. The highest BCUT2D eigenvalue weighted by Gasteiger charge is 2.08. The molecule has 5 heteroatoms. The minimum atomic E-state index is -0.396. The quantitative estimate of drug-likeness (QED) is 0.380. The standard InChI is InChI=1S/C12H13BrN2O2/c1-2-3-4-5-14-9-10-6-11(13)8-12(7-10)15(16)17/h1,6-8,14H,3-5,9H2. The predicted molar refractivity (Wildman–Crippen MR) is 70.6 cm³/mol. The number of nitro groups is 1. The number of rotatable bonds is 6. The summed E-state index contributed by atoms with van der Waals surface area (Å²) in [6, 6.07) is 4.92. The third-order valence-electron chi connectivity index (χ3n) is 2.16. The number of non-ortho nitro benzene ring substituents is 1. The lowest BCUT2D eigenvalue weighted by molar-refractivity contribution is -0.385. The van der Waals surface area contributed by atoms with Gasteiger partial charge < -0.3 is 5.32 Å². The number of nitrogens with zero attached hydrogens (tertiary/aromatic N) is 1. The molecule has 0 fully saturated rings. The Hall–Kier alpha value is -1.38. The number of nitrogens with one attached hydrogen (secondary N) is 1. The highest BCUT2D eigenvalue weighted by atomic mass is 79.9. The van der Waals surface area contributed by atoms with E-state index in [0.717, 1.165) is 24.9 Å². The number of nitro benzene ring substituents is 1. The van der Waals surface area contributed by atoms with Crippen LogP contribution < -0.4 is 5.32 Å². The number of hydrogen-bond acceptors (Lipinski definition) is 3. The molecule has 1 N–H and O–H groups in total. The molecule has 1 rings (SSSR count). The maximum absolute atomic E-state index is 10.7. The molecule has 0 amide bonds. The fourth-order valence-electron chi connectivity index (χ4n) is 1.39. The molecule has 17 heavy (non-hydrogen) atoms. The average molecular weight is 297 g/mol. The summed E-state index contributed by atoms with van der Waals surface area (Å²) in [5.41, 5.74) is 0.978. The van der Waals surface area contributed by atoms with Crippen molar-refractivity contribution in [3.8, 4) is 12.3 Å². The summed E-state index contributed by atoms with van der Waals surface area (Å²) >= 11 is 3.26. The molecule has 0 heterocycles. The number of unbranched alkanes of at least 4 members (excludes halogenated alkanes) is 1. The molecule has 0 spiro atoms. The van der Waals surface area contributed by atoms with E-state index in [0.29, 0.717) is 11.0 Å². The molecule has 1 aromatic carbocycles. The van der Waals surface area contributed by atoms with Crippen LogP contribution in [0.5, 0.6) is 0 Å². The average Bonchev–Trinajstić information content (AvgIpc) is 2.28. The van der Waals surface area contributed by atoms with E-state index < -0.39 is 4.92 Å². The van der Waals surface area contributed by atoms with E-state index in [9.17, 15) is 10.1 Å². The lowest BCUT2D eigenvalue weighted by Crippen LogP contribution is -2.14. The van der Waals surface area contributed by atoms with Gasteiger partial charge in [0.1, 0.15) is 0 Å². The molecule has 90 valence electrons. The molecule has 4 nitrogen and oxygen atoms in total. The van der Waals surface area contributed by atoms with Crippen LogP contribution in [0, 0.1) is 22.5 Å². The van der Waals surface area contributed by atoms with Crippen molar-refractivity contribution in [2.24, 2.45) is 0 Å². The Balaban J connectivity index is 2.53. The summed E-state index contributed by atoms with van der Waals surface area (Å²) in [6.07, 6.45) is 6.79. The molecule has 0 bridgehead atoms. The minimum Gasteiger partial charge on any atom is -0.313 e. The van der Waals surface area contributed by atoms with Crippen molar-refractivity contribution in [3.05, 3.63) is 38.3 Å². The maximum atomic E-state index is 10.7. The first-order chi connectivity index (χ1) is 8.13. The summed E-state index contributed by atoms with van der Waals surface area (Å²) in [5, 5.41) is 13.9. The molecule has 0 aliphatic carbocycles. The molecule has 1 aromatic rings. The summed E-state index contributed by atoms with van der Waals surface area (Å²) in [5.74, 6) is 2.56. The fraction of sp³-hybridized carbons (Fsp3) is 0.333. The van der Waals surface area contributed by atoms with Gasteiger partial charge in [0, 0.05) is 29.6 Å². The Morgan fingerprint density at radius 3 is 2.88 bits per heavy atom. The van der Waals surface area contributed by atoms with Gasteiger partial charge >= 0.3 is 0 Å². The van der Waals surface area contributed by atoms with Crippen LogP contribution in [0.3, 0.4) is 0 Å².